The van der Waals surface area contributed by atoms with E-state index in [2.05, 4.69) is 48.6 Å². The lowest BCUT2D eigenvalue weighted by Gasteiger charge is -2.51. The highest BCUT2D eigenvalue weighted by Gasteiger charge is 2.39. The van der Waals surface area contributed by atoms with Crippen LogP contribution in [0.25, 0.3) is 0 Å². The van der Waals surface area contributed by atoms with E-state index in [-0.39, 0.29) is 36.4 Å². The van der Waals surface area contributed by atoms with Crippen LogP contribution in [0.3, 0.4) is 0 Å². The predicted molar refractivity (Wildman–Crippen MR) is 173 cm³/mol. The van der Waals surface area contributed by atoms with Crippen molar-refractivity contribution in [2.24, 2.45) is 0 Å². The van der Waals surface area contributed by atoms with Crippen LogP contribution in [0.4, 0.5) is 9.18 Å². The first-order valence-corrected chi connectivity index (χ1v) is 16.7. The van der Waals surface area contributed by atoms with Crippen molar-refractivity contribution in [3.05, 3.63) is 68.4 Å². The SMILES string of the molecule is CCCCOC(=O)N1CCN(C2CN(CC[C@H](CN(C)C(=O)c3cc(Br)cc(Br)c3)c3ccc(F)cc3)C2)C(CCO)C1. The Balaban J connectivity index is 1.32. The van der Waals surface area contributed by atoms with Crippen LogP contribution < -0.4 is 0 Å². The minimum absolute atomic E-state index is 0.0496. The van der Waals surface area contributed by atoms with Crippen LogP contribution in [0.5, 0.6) is 0 Å². The maximum absolute atomic E-state index is 13.7. The van der Waals surface area contributed by atoms with Gasteiger partial charge in [-0.15, -0.1) is 0 Å². The van der Waals surface area contributed by atoms with Gasteiger partial charge in [0.1, 0.15) is 5.82 Å². The molecule has 4 rings (SSSR count). The van der Waals surface area contributed by atoms with Gasteiger partial charge in [0.05, 0.1) is 6.61 Å². The van der Waals surface area contributed by atoms with Gasteiger partial charge in [-0.1, -0.05) is 57.3 Å². The van der Waals surface area contributed by atoms with Gasteiger partial charge in [0.25, 0.3) is 5.91 Å². The van der Waals surface area contributed by atoms with E-state index < -0.39 is 0 Å². The second kappa shape index (κ2) is 16.3. The highest BCUT2D eigenvalue weighted by atomic mass is 79.9. The number of likely N-dealkylation sites (tertiary alicyclic amines) is 1. The summed E-state index contributed by atoms with van der Waals surface area (Å²) in [5.41, 5.74) is 1.61. The first-order valence-electron chi connectivity index (χ1n) is 15.2. The second-order valence-corrected chi connectivity index (χ2v) is 13.4. The van der Waals surface area contributed by atoms with E-state index in [9.17, 15) is 19.1 Å². The largest absolute Gasteiger partial charge is 0.449 e. The number of hydrogen-bond donors (Lipinski definition) is 1. The Kier molecular flexibility index (Phi) is 12.8. The fourth-order valence-electron chi connectivity index (χ4n) is 6.00. The van der Waals surface area contributed by atoms with E-state index in [0.29, 0.717) is 44.3 Å². The molecule has 2 aliphatic heterocycles. The minimum Gasteiger partial charge on any atom is -0.449 e. The first kappa shape index (κ1) is 33.8. The van der Waals surface area contributed by atoms with E-state index >= 15 is 0 Å². The monoisotopic (exact) mass is 724 g/mol. The quantitative estimate of drug-likeness (QED) is 0.272. The molecule has 2 aliphatic rings. The maximum atomic E-state index is 13.7. The molecule has 0 spiro atoms. The molecule has 0 aromatic heterocycles. The van der Waals surface area contributed by atoms with Gasteiger partial charge in [-0.2, -0.15) is 0 Å². The van der Waals surface area contributed by atoms with E-state index in [1.54, 1.807) is 9.80 Å². The lowest BCUT2D eigenvalue weighted by Crippen LogP contribution is -2.66. The highest BCUT2D eigenvalue weighted by Crippen LogP contribution is 2.28. The van der Waals surface area contributed by atoms with Gasteiger partial charge >= 0.3 is 6.09 Å². The maximum Gasteiger partial charge on any atom is 0.409 e. The number of unbranched alkanes of at least 4 members (excludes halogenated alkanes) is 1. The molecule has 43 heavy (non-hydrogen) atoms. The standard InChI is InChI=1S/C32H43Br2FN4O4/c1-3-4-15-43-32(42)38-12-13-39(29(22-38)10-14-40)30-20-37(21-30)11-9-24(23-5-7-28(35)8-6-23)19-36(2)31(41)25-16-26(33)18-27(34)17-25/h5-8,16-18,24,29-30,40H,3-4,9-15,19-22H2,1-2H3/t24-,29?/m1/s1. The molecule has 0 bridgehead atoms. The Labute approximate surface area is 271 Å². The molecule has 2 aromatic rings. The topological polar surface area (TPSA) is 76.6 Å². The number of rotatable bonds is 13. The normalized spacial score (nSPS) is 18.7. The first-order chi connectivity index (χ1) is 20.7. The van der Waals surface area contributed by atoms with Crippen molar-refractivity contribution in [2.45, 2.75) is 50.6 Å². The predicted octanol–water partition coefficient (Wildman–Crippen LogP) is 5.59. The molecule has 2 amide bonds. The third kappa shape index (κ3) is 9.47. The number of ether oxygens (including phenoxy) is 1. The molecule has 11 heteroatoms. The fourth-order valence-corrected chi connectivity index (χ4v) is 7.29. The molecule has 1 N–H and O–H groups in total. The van der Waals surface area contributed by atoms with Gasteiger partial charge in [-0.05, 0) is 61.7 Å². The lowest BCUT2D eigenvalue weighted by molar-refractivity contribution is -0.0342. The number of aliphatic hydroxyl groups excluding tert-OH is 1. The molecule has 0 radical (unpaired) electrons. The van der Waals surface area contributed by atoms with Gasteiger partial charge in [0, 0.05) is 85.4 Å². The Morgan fingerprint density at radius 1 is 1.09 bits per heavy atom. The van der Waals surface area contributed by atoms with Gasteiger partial charge < -0.3 is 24.5 Å². The summed E-state index contributed by atoms with van der Waals surface area (Å²) in [5.74, 6) is -0.293. The zero-order valence-electron chi connectivity index (χ0n) is 25.1. The molecular formula is C32H43Br2FN4O4. The number of carbonyl (C=O) groups is 2. The molecule has 1 unspecified atom stereocenters. The number of likely N-dealkylation sites (N-methyl/N-ethyl adjacent to an activating group) is 1. The number of nitrogens with zero attached hydrogens (tertiary/aromatic N) is 4. The van der Waals surface area contributed by atoms with E-state index in [1.807, 2.05) is 37.4 Å². The van der Waals surface area contributed by atoms with Gasteiger partial charge in [0.2, 0.25) is 0 Å². The van der Waals surface area contributed by atoms with Crippen molar-refractivity contribution in [3.63, 3.8) is 0 Å². The van der Waals surface area contributed by atoms with Crippen LogP contribution in [-0.2, 0) is 4.74 Å². The van der Waals surface area contributed by atoms with Crippen LogP contribution in [0, 0.1) is 5.82 Å². The number of hydrogen-bond acceptors (Lipinski definition) is 6. The van der Waals surface area contributed by atoms with Crippen molar-refractivity contribution in [1.82, 2.24) is 19.6 Å². The Bertz CT molecular complexity index is 1190. The average molecular weight is 727 g/mol. The van der Waals surface area contributed by atoms with Gasteiger partial charge in [-0.3, -0.25) is 9.69 Å². The molecule has 2 fully saturated rings. The molecule has 2 aromatic carbocycles. The number of carbonyl (C=O) groups excluding carboxylic acids is 2. The molecule has 2 heterocycles. The van der Waals surface area contributed by atoms with Gasteiger partial charge in [-0.25, -0.2) is 9.18 Å². The number of aliphatic hydroxyl groups is 1. The third-order valence-corrected chi connectivity index (χ3v) is 9.38. The molecule has 8 nitrogen and oxygen atoms in total. The zero-order valence-corrected chi connectivity index (χ0v) is 28.2. The number of piperazine rings is 1. The van der Waals surface area contributed by atoms with Crippen molar-refractivity contribution < 1.29 is 23.8 Å². The summed E-state index contributed by atoms with van der Waals surface area (Å²) >= 11 is 6.93. The van der Waals surface area contributed by atoms with Crippen LogP contribution in [0.2, 0.25) is 0 Å². The minimum atomic E-state index is -0.275. The summed E-state index contributed by atoms with van der Waals surface area (Å²) in [6, 6.07) is 12.6. The number of halogens is 3. The lowest BCUT2D eigenvalue weighted by atomic mass is 9.93. The average Bonchev–Trinajstić information content (AvgIpc) is 2.96. The van der Waals surface area contributed by atoms with E-state index in [1.165, 1.54) is 12.1 Å². The molecular weight excluding hydrogens is 683 g/mol. The molecule has 2 saturated heterocycles. The molecule has 2 atom stereocenters. The Hall–Kier alpha value is -2.05. The van der Waals surface area contributed by atoms with Crippen molar-refractivity contribution in [3.8, 4) is 0 Å². The summed E-state index contributed by atoms with van der Waals surface area (Å²) in [6.45, 7) is 7.77. The van der Waals surface area contributed by atoms with Crippen molar-refractivity contribution in [1.29, 1.82) is 0 Å². The summed E-state index contributed by atoms with van der Waals surface area (Å²) < 4.78 is 20.8. The third-order valence-electron chi connectivity index (χ3n) is 8.46. The highest BCUT2D eigenvalue weighted by molar-refractivity contribution is 9.11. The zero-order chi connectivity index (χ0) is 30.9. The number of benzene rings is 2. The summed E-state index contributed by atoms with van der Waals surface area (Å²) in [6.07, 6.45) is 3.04. The summed E-state index contributed by atoms with van der Waals surface area (Å²) in [5, 5.41) is 9.71. The van der Waals surface area contributed by atoms with Crippen LogP contribution >= 0.6 is 31.9 Å². The van der Waals surface area contributed by atoms with E-state index in [4.69, 9.17) is 4.74 Å². The van der Waals surface area contributed by atoms with Crippen LogP contribution in [-0.4, -0.2) is 115 Å². The van der Waals surface area contributed by atoms with Crippen LogP contribution in [0.1, 0.15) is 54.4 Å². The van der Waals surface area contributed by atoms with E-state index in [0.717, 1.165) is 60.0 Å². The number of amides is 2. The summed E-state index contributed by atoms with van der Waals surface area (Å²) in [7, 11) is 1.81. The second-order valence-electron chi connectivity index (χ2n) is 11.6. The smallest absolute Gasteiger partial charge is 0.409 e. The summed E-state index contributed by atoms with van der Waals surface area (Å²) in [4.78, 5) is 34.2. The Morgan fingerprint density at radius 2 is 1.79 bits per heavy atom. The molecule has 236 valence electrons. The van der Waals surface area contributed by atoms with Crippen molar-refractivity contribution >= 4 is 43.9 Å². The van der Waals surface area contributed by atoms with Crippen molar-refractivity contribution in [2.75, 3.05) is 66.1 Å². The molecule has 0 aliphatic carbocycles. The Morgan fingerprint density at radius 3 is 2.44 bits per heavy atom. The van der Waals surface area contributed by atoms with Gasteiger partial charge in [0.15, 0.2) is 0 Å². The van der Waals surface area contributed by atoms with Crippen LogP contribution in [0.15, 0.2) is 51.4 Å². The fraction of sp³-hybridized carbons (Fsp3) is 0.562. The molecule has 0 saturated carbocycles.